The van der Waals surface area contributed by atoms with Crippen molar-refractivity contribution in [2.24, 2.45) is 0 Å². The number of aryl methyl sites for hydroxylation is 1. The average molecular weight is 336 g/mol. The number of ether oxygens (including phenoxy) is 1. The molecule has 0 aliphatic carbocycles. The molecule has 124 valence electrons. The van der Waals surface area contributed by atoms with Gasteiger partial charge in [0.15, 0.2) is 9.84 Å². The van der Waals surface area contributed by atoms with Crippen LogP contribution < -0.4 is 4.74 Å². The summed E-state index contributed by atoms with van der Waals surface area (Å²) in [6.45, 7) is 6.28. The first kappa shape index (κ1) is 17.5. The second kappa shape index (κ2) is 6.71. The molecule has 0 amide bonds. The van der Waals surface area contributed by atoms with Crippen LogP contribution in [-0.4, -0.2) is 14.7 Å². The van der Waals surface area contributed by atoms with Crippen molar-refractivity contribution in [1.82, 2.24) is 0 Å². The van der Waals surface area contributed by atoms with Crippen LogP contribution in [0.3, 0.4) is 0 Å². The minimum Gasteiger partial charge on any atom is -0.488 e. The van der Waals surface area contributed by atoms with Gasteiger partial charge >= 0.3 is 0 Å². The van der Waals surface area contributed by atoms with Gasteiger partial charge in [-0.15, -0.1) is 0 Å². The lowest BCUT2D eigenvalue weighted by atomic mass is 9.96. The molecule has 0 atom stereocenters. The Morgan fingerprint density at radius 1 is 1.13 bits per heavy atom. The Labute approximate surface area is 137 Å². The van der Waals surface area contributed by atoms with Crippen molar-refractivity contribution in [3.63, 3.8) is 0 Å². The van der Waals surface area contributed by atoms with Gasteiger partial charge in [-0.3, -0.25) is 0 Å². The molecule has 0 N–H and O–H groups in total. The maximum Gasteiger partial charge on any atom is 0.175 e. The Kier molecular flexibility index (Phi) is 5.09. The molecule has 0 saturated heterocycles. The van der Waals surface area contributed by atoms with Gasteiger partial charge in [-0.25, -0.2) is 12.8 Å². The molecule has 2 aromatic rings. The summed E-state index contributed by atoms with van der Waals surface area (Å²) in [6, 6.07) is 7.88. The molecule has 0 aromatic heterocycles. The highest BCUT2D eigenvalue weighted by atomic mass is 32.2. The SMILES string of the molecule is CCC.Cc1cc2c(cc1F)-c1cc(S(C)(=O)=O)ccc1CO2. The van der Waals surface area contributed by atoms with E-state index in [4.69, 9.17) is 4.74 Å². The minimum absolute atomic E-state index is 0.227. The Hall–Kier alpha value is -1.88. The fourth-order valence-corrected chi connectivity index (χ4v) is 2.95. The Bertz CT molecular complexity index is 826. The summed E-state index contributed by atoms with van der Waals surface area (Å²) in [5.74, 6) is 0.256. The van der Waals surface area contributed by atoms with Crippen molar-refractivity contribution in [3.05, 3.63) is 47.3 Å². The Morgan fingerprint density at radius 3 is 2.39 bits per heavy atom. The van der Waals surface area contributed by atoms with Crippen molar-refractivity contribution < 1.29 is 17.5 Å². The molecule has 2 aromatic carbocycles. The maximum atomic E-state index is 13.8. The molecule has 1 heterocycles. The van der Waals surface area contributed by atoms with Gasteiger partial charge in [-0.2, -0.15) is 0 Å². The molecule has 3 nitrogen and oxygen atoms in total. The van der Waals surface area contributed by atoms with Crippen molar-refractivity contribution in [1.29, 1.82) is 0 Å². The molecule has 1 aliphatic rings. The number of rotatable bonds is 1. The summed E-state index contributed by atoms with van der Waals surface area (Å²) in [7, 11) is -3.29. The third-order valence-electron chi connectivity index (χ3n) is 3.44. The van der Waals surface area contributed by atoms with Crippen LogP contribution in [0.4, 0.5) is 4.39 Å². The molecule has 1 aliphatic heterocycles. The standard InChI is InChI=1S/C15H13FO3S.C3H8/c1-9-5-15-13(7-14(9)16)12-6-11(20(2,17)18)4-3-10(12)8-19-15;1-3-2/h3-7H,8H2,1-2H3;3H2,1-2H3. The van der Waals surface area contributed by atoms with Gasteiger partial charge in [0, 0.05) is 11.8 Å². The summed E-state index contributed by atoms with van der Waals surface area (Å²) in [6.07, 6.45) is 2.41. The fourth-order valence-electron chi connectivity index (χ4n) is 2.30. The third-order valence-corrected chi connectivity index (χ3v) is 4.55. The normalized spacial score (nSPS) is 12.4. The van der Waals surface area contributed by atoms with Gasteiger partial charge in [0.2, 0.25) is 0 Å². The van der Waals surface area contributed by atoms with Gasteiger partial charge in [-0.05, 0) is 47.9 Å². The number of fused-ring (bicyclic) bond motifs is 3. The van der Waals surface area contributed by atoms with Gasteiger partial charge < -0.3 is 4.74 Å². The molecule has 0 spiro atoms. The fraction of sp³-hybridized carbons (Fsp3) is 0.333. The summed E-state index contributed by atoms with van der Waals surface area (Å²) in [5, 5.41) is 0. The lowest BCUT2D eigenvalue weighted by Gasteiger charge is -2.22. The highest BCUT2D eigenvalue weighted by molar-refractivity contribution is 7.90. The van der Waals surface area contributed by atoms with Gasteiger partial charge in [0.1, 0.15) is 18.2 Å². The number of sulfone groups is 1. The molecule has 0 fully saturated rings. The van der Waals surface area contributed by atoms with E-state index < -0.39 is 9.84 Å². The van der Waals surface area contributed by atoms with Crippen molar-refractivity contribution >= 4 is 9.84 Å². The van der Waals surface area contributed by atoms with Gasteiger partial charge in [-0.1, -0.05) is 26.3 Å². The molecular weight excluding hydrogens is 315 g/mol. The molecule has 5 heteroatoms. The van der Waals surface area contributed by atoms with E-state index in [1.54, 1.807) is 31.2 Å². The van der Waals surface area contributed by atoms with E-state index in [1.807, 2.05) is 0 Å². The van der Waals surface area contributed by atoms with Crippen LogP contribution in [0, 0.1) is 12.7 Å². The van der Waals surface area contributed by atoms with Gasteiger partial charge in [0.05, 0.1) is 4.90 Å². The lowest BCUT2D eigenvalue weighted by molar-refractivity contribution is 0.301. The molecule has 0 saturated carbocycles. The number of halogens is 1. The summed E-state index contributed by atoms with van der Waals surface area (Å²) in [4.78, 5) is 0.227. The van der Waals surface area contributed by atoms with E-state index >= 15 is 0 Å². The highest BCUT2D eigenvalue weighted by Gasteiger charge is 2.21. The monoisotopic (exact) mass is 336 g/mol. The van der Waals surface area contributed by atoms with Crippen LogP contribution in [0.5, 0.6) is 5.75 Å². The quantitative estimate of drug-likeness (QED) is 0.769. The molecular formula is C18H21FO3S. The Morgan fingerprint density at radius 2 is 1.78 bits per heavy atom. The van der Waals surface area contributed by atoms with E-state index in [2.05, 4.69) is 13.8 Å². The van der Waals surface area contributed by atoms with Crippen LogP contribution in [-0.2, 0) is 16.4 Å². The van der Waals surface area contributed by atoms with Gasteiger partial charge in [0.25, 0.3) is 0 Å². The topological polar surface area (TPSA) is 43.4 Å². The second-order valence-electron chi connectivity index (χ2n) is 5.68. The first-order valence-electron chi connectivity index (χ1n) is 7.54. The zero-order valence-corrected chi connectivity index (χ0v) is 14.6. The van der Waals surface area contributed by atoms with Crippen molar-refractivity contribution in [3.8, 4) is 16.9 Å². The first-order valence-corrected chi connectivity index (χ1v) is 9.43. The zero-order chi connectivity index (χ0) is 17.2. The first-order chi connectivity index (χ1) is 10.8. The lowest BCUT2D eigenvalue weighted by Crippen LogP contribution is -2.08. The predicted octanol–water partition coefficient (Wildman–Crippen LogP) is 4.51. The summed E-state index contributed by atoms with van der Waals surface area (Å²) >= 11 is 0. The van der Waals surface area contributed by atoms with E-state index in [1.165, 1.54) is 12.5 Å². The number of benzene rings is 2. The average Bonchev–Trinajstić information content (AvgIpc) is 2.48. The summed E-state index contributed by atoms with van der Waals surface area (Å²) in [5.41, 5.74) is 2.67. The number of hydrogen-bond donors (Lipinski definition) is 0. The molecule has 0 bridgehead atoms. The van der Waals surface area contributed by atoms with E-state index in [0.29, 0.717) is 29.0 Å². The van der Waals surface area contributed by atoms with E-state index in [9.17, 15) is 12.8 Å². The van der Waals surface area contributed by atoms with Crippen LogP contribution in [0.25, 0.3) is 11.1 Å². The van der Waals surface area contributed by atoms with Crippen LogP contribution in [0.2, 0.25) is 0 Å². The van der Waals surface area contributed by atoms with Crippen LogP contribution in [0.15, 0.2) is 35.2 Å². The van der Waals surface area contributed by atoms with Crippen molar-refractivity contribution in [2.45, 2.75) is 38.7 Å². The van der Waals surface area contributed by atoms with E-state index in [-0.39, 0.29) is 10.7 Å². The predicted molar refractivity (Wildman–Crippen MR) is 90.0 cm³/mol. The molecule has 3 rings (SSSR count). The molecule has 0 radical (unpaired) electrons. The van der Waals surface area contributed by atoms with E-state index in [0.717, 1.165) is 11.8 Å². The third kappa shape index (κ3) is 3.72. The number of hydrogen-bond acceptors (Lipinski definition) is 3. The zero-order valence-electron chi connectivity index (χ0n) is 13.8. The smallest absolute Gasteiger partial charge is 0.175 e. The van der Waals surface area contributed by atoms with Crippen LogP contribution in [0.1, 0.15) is 31.4 Å². The van der Waals surface area contributed by atoms with Crippen LogP contribution >= 0.6 is 0 Å². The minimum atomic E-state index is -3.29. The second-order valence-corrected chi connectivity index (χ2v) is 7.70. The van der Waals surface area contributed by atoms with Crippen molar-refractivity contribution in [2.75, 3.05) is 6.26 Å². The maximum absolute atomic E-state index is 13.8. The highest BCUT2D eigenvalue weighted by Crippen LogP contribution is 2.39. The molecule has 0 unspecified atom stereocenters. The largest absolute Gasteiger partial charge is 0.488 e. The molecule has 23 heavy (non-hydrogen) atoms. The summed E-state index contributed by atoms with van der Waals surface area (Å²) < 4.78 is 42.6. The Balaban J connectivity index is 0.000000595.